The average molecular weight is 274 g/mol. The van der Waals surface area contributed by atoms with Crippen molar-refractivity contribution in [1.29, 1.82) is 0 Å². The van der Waals surface area contributed by atoms with E-state index in [1.807, 2.05) is 12.1 Å². The van der Waals surface area contributed by atoms with Crippen LogP contribution in [0.5, 0.6) is 17.2 Å². The first kappa shape index (κ1) is 14.9. The number of hydrogen-bond acceptors (Lipinski definition) is 4. The molecule has 1 aromatic carbocycles. The number of rotatable bonds is 5. The van der Waals surface area contributed by atoms with Crippen molar-refractivity contribution in [3.63, 3.8) is 0 Å². The number of fused-ring (bicyclic) bond motifs is 1. The minimum absolute atomic E-state index is 0. The highest BCUT2D eigenvalue weighted by atomic mass is 35.5. The van der Waals surface area contributed by atoms with Crippen molar-refractivity contribution in [2.75, 3.05) is 13.9 Å². The Labute approximate surface area is 114 Å². The van der Waals surface area contributed by atoms with E-state index in [0.29, 0.717) is 11.5 Å². The van der Waals surface area contributed by atoms with E-state index in [1.165, 1.54) is 0 Å². The van der Waals surface area contributed by atoms with Gasteiger partial charge in [0.25, 0.3) is 0 Å². The Balaban J connectivity index is 0.00000162. The quantitative estimate of drug-likeness (QED) is 0.896. The number of nitrogens with two attached hydrogens (primary N) is 1. The molecule has 2 rings (SSSR count). The molecule has 0 saturated heterocycles. The summed E-state index contributed by atoms with van der Waals surface area (Å²) in [5.74, 6) is 2.10. The SMILES string of the molecule is CCCC[C@@H](N)c1cc(OC)c2c(c1)OCO2.Cl. The van der Waals surface area contributed by atoms with Crippen molar-refractivity contribution >= 4 is 12.4 Å². The summed E-state index contributed by atoms with van der Waals surface area (Å²) in [4.78, 5) is 0. The molecule has 4 nitrogen and oxygen atoms in total. The summed E-state index contributed by atoms with van der Waals surface area (Å²) in [6.07, 6.45) is 3.24. The fraction of sp³-hybridized carbons (Fsp3) is 0.538. The number of benzene rings is 1. The molecule has 0 bridgehead atoms. The van der Waals surface area contributed by atoms with Gasteiger partial charge in [0.15, 0.2) is 11.5 Å². The van der Waals surface area contributed by atoms with Crippen molar-refractivity contribution in [1.82, 2.24) is 0 Å². The number of hydrogen-bond donors (Lipinski definition) is 1. The molecule has 0 aromatic heterocycles. The topological polar surface area (TPSA) is 53.7 Å². The van der Waals surface area contributed by atoms with Gasteiger partial charge in [-0.1, -0.05) is 19.8 Å². The third-order valence-electron chi connectivity index (χ3n) is 2.98. The van der Waals surface area contributed by atoms with Gasteiger partial charge in [-0.15, -0.1) is 12.4 Å². The van der Waals surface area contributed by atoms with Gasteiger partial charge < -0.3 is 19.9 Å². The molecule has 1 heterocycles. The predicted molar refractivity (Wildman–Crippen MR) is 72.8 cm³/mol. The normalized spacial score (nSPS) is 13.9. The molecule has 0 spiro atoms. The monoisotopic (exact) mass is 273 g/mol. The maximum absolute atomic E-state index is 6.15. The lowest BCUT2D eigenvalue weighted by molar-refractivity contribution is 0.171. The Morgan fingerprint density at radius 1 is 1.39 bits per heavy atom. The summed E-state index contributed by atoms with van der Waals surface area (Å²) in [6.45, 7) is 2.41. The first-order chi connectivity index (χ1) is 8.26. The van der Waals surface area contributed by atoms with Gasteiger partial charge >= 0.3 is 0 Å². The fourth-order valence-electron chi connectivity index (χ4n) is 1.95. The molecule has 1 atom stereocenters. The van der Waals surface area contributed by atoms with Crippen LogP contribution in [0.15, 0.2) is 12.1 Å². The molecule has 0 aliphatic carbocycles. The van der Waals surface area contributed by atoms with Crippen molar-refractivity contribution in [3.8, 4) is 17.2 Å². The van der Waals surface area contributed by atoms with Crippen LogP contribution in [0.2, 0.25) is 0 Å². The van der Waals surface area contributed by atoms with Gasteiger partial charge in [-0.2, -0.15) is 0 Å². The third-order valence-corrected chi connectivity index (χ3v) is 2.98. The van der Waals surface area contributed by atoms with E-state index in [4.69, 9.17) is 19.9 Å². The van der Waals surface area contributed by atoms with Gasteiger partial charge in [0.2, 0.25) is 12.5 Å². The molecule has 0 amide bonds. The molecule has 1 aromatic rings. The standard InChI is InChI=1S/C13H19NO3.ClH/c1-3-4-5-10(14)9-6-11(15-2)13-12(7-9)16-8-17-13;/h6-7,10H,3-5,8,14H2,1-2H3;1H/t10-;/m1./s1. The van der Waals surface area contributed by atoms with E-state index in [-0.39, 0.29) is 25.2 Å². The highest BCUT2D eigenvalue weighted by Crippen LogP contribution is 2.43. The second-order valence-corrected chi connectivity index (χ2v) is 4.21. The lowest BCUT2D eigenvalue weighted by Gasteiger charge is -2.14. The Hall–Kier alpha value is -1.13. The van der Waals surface area contributed by atoms with Crippen molar-refractivity contribution in [2.45, 2.75) is 32.2 Å². The van der Waals surface area contributed by atoms with E-state index < -0.39 is 0 Å². The summed E-state index contributed by atoms with van der Waals surface area (Å²) in [6, 6.07) is 3.91. The number of methoxy groups -OCH3 is 1. The molecule has 0 saturated carbocycles. The summed E-state index contributed by atoms with van der Waals surface area (Å²) in [7, 11) is 1.62. The van der Waals surface area contributed by atoms with Crippen LogP contribution in [0.1, 0.15) is 37.8 Å². The van der Waals surface area contributed by atoms with E-state index in [0.717, 1.165) is 30.6 Å². The van der Waals surface area contributed by atoms with Crippen LogP contribution >= 0.6 is 12.4 Å². The smallest absolute Gasteiger partial charge is 0.231 e. The van der Waals surface area contributed by atoms with Gasteiger partial charge in [0.1, 0.15) is 0 Å². The summed E-state index contributed by atoms with van der Waals surface area (Å²) in [5, 5.41) is 0. The highest BCUT2D eigenvalue weighted by Gasteiger charge is 2.21. The Kier molecular flexibility index (Phi) is 5.56. The summed E-state index contributed by atoms with van der Waals surface area (Å²) >= 11 is 0. The third kappa shape index (κ3) is 3.00. The minimum Gasteiger partial charge on any atom is -0.493 e. The lowest BCUT2D eigenvalue weighted by Crippen LogP contribution is -2.10. The predicted octanol–water partition coefficient (Wildman–Crippen LogP) is 3.04. The Morgan fingerprint density at radius 3 is 2.83 bits per heavy atom. The second-order valence-electron chi connectivity index (χ2n) is 4.21. The molecular weight excluding hydrogens is 254 g/mol. The summed E-state index contributed by atoms with van der Waals surface area (Å²) < 4.78 is 16.0. The maximum Gasteiger partial charge on any atom is 0.231 e. The zero-order valence-corrected chi connectivity index (χ0v) is 11.6. The van der Waals surface area contributed by atoms with Crippen LogP contribution in [0.3, 0.4) is 0 Å². The molecule has 18 heavy (non-hydrogen) atoms. The number of unbranched alkanes of at least 4 members (excludes halogenated alkanes) is 1. The van der Waals surface area contributed by atoms with Crippen LogP contribution in [0.4, 0.5) is 0 Å². The van der Waals surface area contributed by atoms with Crippen molar-refractivity contribution in [2.24, 2.45) is 5.73 Å². The van der Waals surface area contributed by atoms with Crippen molar-refractivity contribution in [3.05, 3.63) is 17.7 Å². The molecule has 2 N–H and O–H groups in total. The fourth-order valence-corrected chi connectivity index (χ4v) is 1.95. The molecule has 1 aliphatic heterocycles. The van der Waals surface area contributed by atoms with E-state index in [1.54, 1.807) is 7.11 Å². The minimum atomic E-state index is 0. The van der Waals surface area contributed by atoms with Gasteiger partial charge in [-0.25, -0.2) is 0 Å². The van der Waals surface area contributed by atoms with Crippen LogP contribution in [0, 0.1) is 0 Å². The van der Waals surface area contributed by atoms with Gasteiger partial charge in [-0.3, -0.25) is 0 Å². The summed E-state index contributed by atoms with van der Waals surface area (Å²) in [5.41, 5.74) is 7.19. The maximum atomic E-state index is 6.15. The molecule has 0 unspecified atom stereocenters. The number of halogens is 1. The molecule has 5 heteroatoms. The van der Waals surface area contributed by atoms with Gasteiger partial charge in [0.05, 0.1) is 7.11 Å². The Morgan fingerprint density at radius 2 is 2.17 bits per heavy atom. The first-order valence-electron chi connectivity index (χ1n) is 5.99. The van der Waals surface area contributed by atoms with E-state index >= 15 is 0 Å². The molecule has 102 valence electrons. The lowest BCUT2D eigenvalue weighted by atomic mass is 10.0. The Bertz CT molecular complexity index is 398. The zero-order valence-electron chi connectivity index (χ0n) is 10.8. The van der Waals surface area contributed by atoms with Crippen molar-refractivity contribution < 1.29 is 14.2 Å². The van der Waals surface area contributed by atoms with Crippen LogP contribution in [-0.4, -0.2) is 13.9 Å². The van der Waals surface area contributed by atoms with Crippen LogP contribution in [-0.2, 0) is 0 Å². The van der Waals surface area contributed by atoms with E-state index in [2.05, 4.69) is 6.92 Å². The van der Waals surface area contributed by atoms with Gasteiger partial charge in [0, 0.05) is 6.04 Å². The zero-order chi connectivity index (χ0) is 12.3. The second kappa shape index (κ2) is 6.71. The van der Waals surface area contributed by atoms with E-state index in [9.17, 15) is 0 Å². The highest BCUT2D eigenvalue weighted by molar-refractivity contribution is 5.85. The number of ether oxygens (including phenoxy) is 3. The van der Waals surface area contributed by atoms with Crippen LogP contribution < -0.4 is 19.9 Å². The average Bonchev–Trinajstić information content (AvgIpc) is 2.82. The molecule has 0 radical (unpaired) electrons. The van der Waals surface area contributed by atoms with Crippen LogP contribution in [0.25, 0.3) is 0 Å². The molecule has 0 fully saturated rings. The largest absolute Gasteiger partial charge is 0.493 e. The van der Waals surface area contributed by atoms with Gasteiger partial charge in [-0.05, 0) is 24.1 Å². The molecule has 1 aliphatic rings. The first-order valence-corrected chi connectivity index (χ1v) is 5.99. The molecular formula is C13H20ClNO3.